The van der Waals surface area contributed by atoms with Crippen LogP contribution in [0, 0.1) is 0 Å². The Morgan fingerprint density at radius 2 is 0.862 bits per heavy atom. The lowest BCUT2D eigenvalue weighted by Crippen LogP contribution is -2.29. The minimum atomic E-state index is -0.538. The Kier molecular flexibility index (Phi) is 9.63. The van der Waals surface area contributed by atoms with Crippen LogP contribution in [-0.2, 0) is 9.59 Å². The zero-order valence-electron chi connectivity index (χ0n) is 31.6. The topological polar surface area (TPSA) is 136 Å². The highest BCUT2D eigenvalue weighted by Crippen LogP contribution is 2.43. The van der Waals surface area contributed by atoms with Gasteiger partial charge in [0, 0.05) is 57.9 Å². The van der Waals surface area contributed by atoms with Crippen molar-refractivity contribution < 1.29 is 14.7 Å². The molecule has 4 aromatic carbocycles. The molecule has 0 saturated carbocycles. The van der Waals surface area contributed by atoms with Gasteiger partial charge in [-0.1, -0.05) is 121 Å². The third-order valence-electron chi connectivity index (χ3n) is 10.4. The number of carbonyl (C=O) groups is 2. The van der Waals surface area contributed by atoms with E-state index in [0.717, 1.165) is 55.8 Å². The molecule has 0 spiro atoms. The fourth-order valence-corrected chi connectivity index (χ4v) is 7.80. The van der Waals surface area contributed by atoms with Crippen LogP contribution in [0.4, 0.5) is 0 Å². The van der Waals surface area contributed by atoms with Gasteiger partial charge in [-0.15, -0.1) is 0 Å². The van der Waals surface area contributed by atoms with Gasteiger partial charge in [-0.2, -0.15) is 0 Å². The van der Waals surface area contributed by atoms with Crippen molar-refractivity contribution in [3.8, 4) is 44.5 Å². The Labute approximate surface area is 334 Å². The number of fused-ring (bicyclic) bond motifs is 8. The summed E-state index contributed by atoms with van der Waals surface area (Å²) in [5.74, 6) is -1.02. The van der Waals surface area contributed by atoms with Crippen LogP contribution in [0.15, 0.2) is 146 Å². The molecule has 3 aromatic heterocycles. The lowest BCUT2D eigenvalue weighted by Gasteiger charge is -2.12. The van der Waals surface area contributed by atoms with Crippen LogP contribution < -0.4 is 10.6 Å². The van der Waals surface area contributed by atoms with E-state index in [1.165, 1.54) is 0 Å². The summed E-state index contributed by atoms with van der Waals surface area (Å²) in [6, 6.07) is 47.7. The van der Waals surface area contributed by atoms with E-state index in [4.69, 9.17) is 9.97 Å². The average molecular weight is 759 g/mol. The van der Waals surface area contributed by atoms with Gasteiger partial charge in [0.2, 0.25) is 0 Å². The number of aromatic amines is 2. The molecule has 0 aliphatic carbocycles. The molecule has 0 fully saturated rings. The Balaban J connectivity index is 1.55. The number of carbonyl (C=O) groups excluding carboxylic acids is 2. The molecule has 282 valence electrons. The highest BCUT2D eigenvalue weighted by Gasteiger charge is 2.35. The zero-order chi connectivity index (χ0) is 39.6. The van der Waals surface area contributed by atoms with E-state index < -0.39 is 11.8 Å². The number of H-pyrrole nitrogens is 2. The Morgan fingerprint density at radius 3 is 1.24 bits per heavy atom. The number of hydrogen-bond acceptors (Lipinski definition) is 5. The van der Waals surface area contributed by atoms with Gasteiger partial charge in [0.1, 0.15) is 0 Å². The van der Waals surface area contributed by atoms with Gasteiger partial charge in [-0.3, -0.25) is 9.59 Å². The highest BCUT2D eigenvalue weighted by atomic mass is 16.3. The maximum absolute atomic E-state index is 14.5. The highest BCUT2D eigenvalue weighted by molar-refractivity contribution is 6.42. The molecule has 0 unspecified atom stereocenters. The maximum Gasteiger partial charge on any atom is 0.254 e. The summed E-state index contributed by atoms with van der Waals surface area (Å²) < 4.78 is 0. The van der Waals surface area contributed by atoms with Crippen LogP contribution in [0.5, 0.6) is 0 Å². The van der Waals surface area contributed by atoms with E-state index in [1.807, 2.05) is 121 Å². The predicted molar refractivity (Wildman–Crippen MR) is 233 cm³/mol. The molecule has 7 aromatic rings. The number of nitrogens with one attached hydrogen (secondary N) is 4. The van der Waals surface area contributed by atoms with Gasteiger partial charge in [0.15, 0.2) is 0 Å². The smallest absolute Gasteiger partial charge is 0.254 e. The molecular formula is C49H38N6O3. The number of likely N-dealkylation sites (N-methyl/N-ethyl adjacent to an activating group) is 1. The molecule has 2 aliphatic rings. The van der Waals surface area contributed by atoms with Gasteiger partial charge in [0.05, 0.1) is 40.5 Å². The summed E-state index contributed by atoms with van der Waals surface area (Å²) in [6.45, 7) is -0.300. The number of aliphatic hydroxyl groups is 1. The van der Waals surface area contributed by atoms with Crippen molar-refractivity contribution in [1.82, 2.24) is 30.6 Å². The van der Waals surface area contributed by atoms with Crippen LogP contribution in [0.3, 0.4) is 0 Å². The first-order valence-corrected chi connectivity index (χ1v) is 19.1. The Morgan fingerprint density at radius 1 is 0.500 bits per heavy atom. The molecule has 8 bridgehead atoms. The SMILES string of the molecule is CNC(=O)C1=C(C(=O)NCCO)c2nc1c(-c1ccccc1)c1ccc([nH]1)c(-c1ccccc1)c1nc(c(-c3ccccc3)c3ccc([nH]3)c2-c2ccccc2)C=C1. The fraction of sp³-hybridized carbons (Fsp3) is 0.0612. The van der Waals surface area contributed by atoms with E-state index in [9.17, 15) is 14.7 Å². The van der Waals surface area contributed by atoms with E-state index >= 15 is 0 Å². The van der Waals surface area contributed by atoms with Crippen LogP contribution in [0.1, 0.15) is 22.8 Å². The second-order valence-electron chi connectivity index (χ2n) is 13.9. The number of aliphatic hydroxyl groups excluding tert-OH is 1. The molecule has 0 atom stereocenters. The summed E-state index contributed by atoms with van der Waals surface area (Å²) in [4.78, 5) is 47.0. The number of aromatic nitrogens is 4. The molecule has 9 nitrogen and oxygen atoms in total. The molecule has 9 rings (SSSR count). The second-order valence-corrected chi connectivity index (χ2v) is 13.9. The normalized spacial score (nSPS) is 12.1. The number of benzene rings is 4. The van der Waals surface area contributed by atoms with Gasteiger partial charge in [-0.05, 0) is 58.7 Å². The summed E-state index contributed by atoms with van der Waals surface area (Å²) in [5.41, 5.74) is 11.9. The average Bonchev–Trinajstić information content (AvgIpc) is 4.11. The van der Waals surface area contributed by atoms with E-state index in [2.05, 4.69) is 57.0 Å². The van der Waals surface area contributed by atoms with Crippen LogP contribution >= 0.6 is 0 Å². The van der Waals surface area contributed by atoms with Crippen molar-refractivity contribution in [2.24, 2.45) is 0 Å². The van der Waals surface area contributed by atoms with Crippen molar-refractivity contribution in [1.29, 1.82) is 0 Å². The number of hydrogen-bond donors (Lipinski definition) is 5. The van der Waals surface area contributed by atoms with Crippen molar-refractivity contribution in [2.45, 2.75) is 0 Å². The molecule has 0 radical (unpaired) electrons. The number of nitrogens with zero attached hydrogens (tertiary/aromatic N) is 2. The third kappa shape index (κ3) is 6.49. The van der Waals surface area contributed by atoms with Gasteiger partial charge in [0.25, 0.3) is 11.8 Å². The first-order chi connectivity index (χ1) is 28.5. The first kappa shape index (κ1) is 36.0. The maximum atomic E-state index is 14.5. The number of amides is 2. The second kappa shape index (κ2) is 15.5. The molecule has 5 N–H and O–H groups in total. The van der Waals surface area contributed by atoms with Crippen molar-refractivity contribution >= 4 is 57.2 Å². The first-order valence-electron chi connectivity index (χ1n) is 19.1. The largest absolute Gasteiger partial charge is 0.395 e. The quantitative estimate of drug-likeness (QED) is 0.106. The summed E-state index contributed by atoms with van der Waals surface area (Å²) in [6.07, 6.45) is 4.11. The summed E-state index contributed by atoms with van der Waals surface area (Å²) in [7, 11) is 1.54. The zero-order valence-corrected chi connectivity index (χ0v) is 31.6. The molecular weight excluding hydrogens is 721 g/mol. The molecule has 58 heavy (non-hydrogen) atoms. The molecule has 5 heterocycles. The standard InChI is InChI=1S/C49H38N6O3/c1-50-48(57)44-45(49(58)51-28-29-56)47-43(33-20-12-5-13-21-33)39-27-25-37(54-39)41(31-16-8-3-9-17-31)35-23-22-34(52-35)40(30-14-6-2-7-15-30)36-24-26-38(53-36)42(46(44)55-47)32-18-10-4-11-19-32/h2-27,53-54,56H,28-29H2,1H3,(H,50,57)(H,51,58). The number of rotatable bonds is 8. The van der Waals surface area contributed by atoms with Crippen LogP contribution in [0.2, 0.25) is 0 Å². The van der Waals surface area contributed by atoms with Gasteiger partial charge in [-0.25, -0.2) is 9.97 Å². The van der Waals surface area contributed by atoms with E-state index in [-0.39, 0.29) is 24.3 Å². The lowest BCUT2D eigenvalue weighted by atomic mass is 9.94. The minimum absolute atomic E-state index is 0.0174. The van der Waals surface area contributed by atoms with E-state index in [1.54, 1.807) is 7.05 Å². The lowest BCUT2D eigenvalue weighted by molar-refractivity contribution is -0.117. The fourth-order valence-electron chi connectivity index (χ4n) is 7.80. The molecule has 2 amide bonds. The Bertz CT molecular complexity index is 2930. The van der Waals surface area contributed by atoms with Crippen molar-refractivity contribution in [3.05, 3.63) is 168 Å². The predicted octanol–water partition coefficient (Wildman–Crippen LogP) is 8.92. The molecule has 0 saturated heterocycles. The van der Waals surface area contributed by atoms with Crippen molar-refractivity contribution in [2.75, 3.05) is 20.2 Å². The van der Waals surface area contributed by atoms with E-state index in [0.29, 0.717) is 33.5 Å². The van der Waals surface area contributed by atoms with Crippen LogP contribution in [-0.4, -0.2) is 57.1 Å². The minimum Gasteiger partial charge on any atom is -0.395 e. The summed E-state index contributed by atoms with van der Waals surface area (Å²) >= 11 is 0. The van der Waals surface area contributed by atoms with Gasteiger partial charge < -0.3 is 25.7 Å². The molecule has 2 aliphatic heterocycles. The Hall–Kier alpha value is -7.62. The summed E-state index contributed by atoms with van der Waals surface area (Å²) in [5, 5.41) is 15.4. The van der Waals surface area contributed by atoms with Gasteiger partial charge >= 0.3 is 0 Å². The van der Waals surface area contributed by atoms with Crippen molar-refractivity contribution in [3.63, 3.8) is 0 Å². The van der Waals surface area contributed by atoms with Crippen LogP contribution in [0.25, 0.3) is 89.9 Å². The monoisotopic (exact) mass is 758 g/mol. The molecule has 9 heteroatoms. The third-order valence-corrected chi connectivity index (χ3v) is 10.4.